The van der Waals surface area contributed by atoms with Crippen molar-refractivity contribution in [1.29, 1.82) is 0 Å². The highest BCUT2D eigenvalue weighted by molar-refractivity contribution is 6.30. The van der Waals surface area contributed by atoms with E-state index in [0.717, 1.165) is 16.8 Å². The molecule has 0 spiro atoms. The van der Waals surface area contributed by atoms with E-state index in [1.807, 2.05) is 25.1 Å². The zero-order valence-corrected chi connectivity index (χ0v) is 11.6. The lowest BCUT2D eigenvalue weighted by Crippen LogP contribution is -2.03. The quantitative estimate of drug-likeness (QED) is 0.851. The number of hydrogen-bond donors (Lipinski definition) is 1. The molecule has 106 valence electrons. The topological polar surface area (TPSA) is 21.3 Å². The van der Waals surface area contributed by atoms with Crippen LogP contribution in [-0.4, -0.2) is 6.61 Å². The van der Waals surface area contributed by atoms with Crippen LogP contribution in [-0.2, 0) is 6.54 Å². The zero-order valence-electron chi connectivity index (χ0n) is 10.9. The van der Waals surface area contributed by atoms with E-state index in [9.17, 15) is 8.78 Å². The van der Waals surface area contributed by atoms with E-state index in [1.54, 1.807) is 12.1 Å². The minimum Gasteiger partial charge on any atom is -0.435 e. The SMILES string of the molecule is Cc1cc(Cl)ccc1NCc1ccc(OC(F)F)cc1. The maximum atomic E-state index is 12.0. The van der Waals surface area contributed by atoms with Gasteiger partial charge in [0.2, 0.25) is 0 Å². The molecule has 0 aliphatic heterocycles. The second kappa shape index (κ2) is 6.57. The minimum atomic E-state index is -2.80. The summed E-state index contributed by atoms with van der Waals surface area (Å²) in [6, 6.07) is 12.1. The van der Waals surface area contributed by atoms with Crippen LogP contribution >= 0.6 is 11.6 Å². The summed E-state index contributed by atoms with van der Waals surface area (Å²) in [5.74, 6) is 0.159. The molecule has 0 radical (unpaired) electrons. The molecular formula is C15H14ClF2NO. The Morgan fingerprint density at radius 2 is 1.85 bits per heavy atom. The largest absolute Gasteiger partial charge is 0.435 e. The van der Waals surface area contributed by atoms with Crippen LogP contribution in [0.1, 0.15) is 11.1 Å². The second-order valence-corrected chi connectivity index (χ2v) is 4.77. The fraction of sp³-hybridized carbons (Fsp3) is 0.200. The molecule has 0 aromatic heterocycles. The van der Waals surface area contributed by atoms with Crippen LogP contribution in [0.25, 0.3) is 0 Å². The van der Waals surface area contributed by atoms with Crippen molar-refractivity contribution in [2.24, 2.45) is 0 Å². The number of hydrogen-bond acceptors (Lipinski definition) is 2. The fourth-order valence-electron chi connectivity index (χ4n) is 1.81. The smallest absolute Gasteiger partial charge is 0.387 e. The molecule has 20 heavy (non-hydrogen) atoms. The van der Waals surface area contributed by atoms with Crippen molar-refractivity contribution in [2.45, 2.75) is 20.1 Å². The minimum absolute atomic E-state index is 0.159. The highest BCUT2D eigenvalue weighted by Crippen LogP contribution is 2.21. The predicted molar refractivity (Wildman–Crippen MR) is 76.6 cm³/mol. The summed E-state index contributed by atoms with van der Waals surface area (Å²) in [6.07, 6.45) is 0. The van der Waals surface area contributed by atoms with Gasteiger partial charge in [-0.1, -0.05) is 23.7 Å². The number of ether oxygens (including phenoxy) is 1. The number of anilines is 1. The van der Waals surface area contributed by atoms with Crippen LogP contribution in [0.3, 0.4) is 0 Å². The third-order valence-electron chi connectivity index (χ3n) is 2.82. The number of rotatable bonds is 5. The molecule has 2 aromatic rings. The first-order chi connectivity index (χ1) is 9.54. The van der Waals surface area contributed by atoms with E-state index in [-0.39, 0.29) is 5.75 Å². The lowest BCUT2D eigenvalue weighted by molar-refractivity contribution is -0.0498. The van der Waals surface area contributed by atoms with Gasteiger partial charge in [-0.3, -0.25) is 0 Å². The molecule has 0 saturated carbocycles. The first kappa shape index (κ1) is 14.6. The average molecular weight is 298 g/mol. The summed E-state index contributed by atoms with van der Waals surface area (Å²) < 4.78 is 28.3. The number of benzene rings is 2. The Kier molecular flexibility index (Phi) is 4.79. The molecule has 0 atom stereocenters. The van der Waals surface area contributed by atoms with Crippen LogP contribution < -0.4 is 10.1 Å². The number of nitrogens with one attached hydrogen (secondary N) is 1. The molecule has 2 rings (SSSR count). The first-order valence-electron chi connectivity index (χ1n) is 6.08. The van der Waals surface area contributed by atoms with E-state index < -0.39 is 6.61 Å². The molecule has 0 bridgehead atoms. The van der Waals surface area contributed by atoms with Gasteiger partial charge >= 0.3 is 6.61 Å². The molecule has 2 nitrogen and oxygen atoms in total. The number of alkyl halides is 2. The van der Waals surface area contributed by atoms with Gasteiger partial charge in [0.05, 0.1) is 0 Å². The van der Waals surface area contributed by atoms with Crippen molar-refractivity contribution in [3.05, 3.63) is 58.6 Å². The summed E-state index contributed by atoms with van der Waals surface area (Å²) in [5.41, 5.74) is 3.01. The molecule has 0 saturated heterocycles. The van der Waals surface area contributed by atoms with Crippen molar-refractivity contribution in [1.82, 2.24) is 0 Å². The molecule has 0 amide bonds. The van der Waals surface area contributed by atoms with Gasteiger partial charge < -0.3 is 10.1 Å². The molecule has 0 aliphatic rings. The Hall–Kier alpha value is -1.81. The Labute approximate surface area is 121 Å². The van der Waals surface area contributed by atoms with Crippen LogP contribution in [0, 0.1) is 6.92 Å². The first-order valence-corrected chi connectivity index (χ1v) is 6.46. The molecule has 5 heteroatoms. The third kappa shape index (κ3) is 4.10. The van der Waals surface area contributed by atoms with Gasteiger partial charge in [0.25, 0.3) is 0 Å². The fourth-order valence-corrected chi connectivity index (χ4v) is 2.04. The lowest BCUT2D eigenvalue weighted by Gasteiger charge is -2.10. The second-order valence-electron chi connectivity index (χ2n) is 4.34. The van der Waals surface area contributed by atoms with E-state index in [1.165, 1.54) is 12.1 Å². The van der Waals surface area contributed by atoms with Gasteiger partial charge in [-0.15, -0.1) is 0 Å². The van der Waals surface area contributed by atoms with Crippen molar-refractivity contribution in [3.8, 4) is 5.75 Å². The van der Waals surface area contributed by atoms with E-state index in [4.69, 9.17) is 11.6 Å². The maximum Gasteiger partial charge on any atom is 0.387 e. The molecule has 0 heterocycles. The lowest BCUT2D eigenvalue weighted by atomic mass is 10.1. The summed E-state index contributed by atoms with van der Waals surface area (Å²) in [6.45, 7) is -0.235. The van der Waals surface area contributed by atoms with Gasteiger partial charge in [0.1, 0.15) is 5.75 Å². The predicted octanol–water partition coefficient (Wildman–Crippen LogP) is 4.86. The van der Waals surface area contributed by atoms with Gasteiger partial charge in [-0.05, 0) is 48.4 Å². The molecule has 0 fully saturated rings. The van der Waals surface area contributed by atoms with Crippen molar-refractivity contribution >= 4 is 17.3 Å². The monoisotopic (exact) mass is 297 g/mol. The highest BCUT2D eigenvalue weighted by Gasteiger charge is 2.04. The van der Waals surface area contributed by atoms with Crippen molar-refractivity contribution < 1.29 is 13.5 Å². The standard InChI is InChI=1S/C15H14ClF2NO/c1-10-8-12(16)4-7-14(10)19-9-11-2-5-13(6-3-11)20-15(17)18/h2-8,15,19H,9H2,1H3. The van der Waals surface area contributed by atoms with Gasteiger partial charge in [0, 0.05) is 17.3 Å². The molecule has 1 N–H and O–H groups in total. The zero-order chi connectivity index (χ0) is 14.5. The van der Waals surface area contributed by atoms with Crippen LogP contribution in [0.5, 0.6) is 5.75 Å². The molecule has 0 unspecified atom stereocenters. The summed E-state index contributed by atoms with van der Waals surface area (Å²) >= 11 is 5.89. The Morgan fingerprint density at radius 3 is 2.45 bits per heavy atom. The molecular weight excluding hydrogens is 284 g/mol. The van der Waals surface area contributed by atoms with Crippen LogP contribution in [0.2, 0.25) is 5.02 Å². The van der Waals surface area contributed by atoms with E-state index >= 15 is 0 Å². The highest BCUT2D eigenvalue weighted by atomic mass is 35.5. The summed E-state index contributed by atoms with van der Waals surface area (Å²) in [4.78, 5) is 0. The average Bonchev–Trinajstić information content (AvgIpc) is 2.39. The van der Waals surface area contributed by atoms with Crippen molar-refractivity contribution in [2.75, 3.05) is 5.32 Å². The Balaban J connectivity index is 1.96. The van der Waals surface area contributed by atoms with Crippen LogP contribution in [0.15, 0.2) is 42.5 Å². The summed E-state index contributed by atoms with van der Waals surface area (Å²) in [7, 11) is 0. The normalized spacial score (nSPS) is 10.7. The maximum absolute atomic E-state index is 12.0. The Morgan fingerprint density at radius 1 is 1.15 bits per heavy atom. The van der Waals surface area contributed by atoms with Gasteiger partial charge in [0.15, 0.2) is 0 Å². The third-order valence-corrected chi connectivity index (χ3v) is 3.06. The van der Waals surface area contributed by atoms with E-state index in [2.05, 4.69) is 10.1 Å². The number of aryl methyl sites for hydroxylation is 1. The van der Waals surface area contributed by atoms with E-state index in [0.29, 0.717) is 11.6 Å². The van der Waals surface area contributed by atoms with Crippen LogP contribution in [0.4, 0.5) is 14.5 Å². The molecule has 2 aromatic carbocycles. The van der Waals surface area contributed by atoms with Gasteiger partial charge in [-0.2, -0.15) is 8.78 Å². The Bertz CT molecular complexity index is 573. The molecule has 0 aliphatic carbocycles. The number of halogens is 3. The summed E-state index contributed by atoms with van der Waals surface area (Å²) in [5, 5.41) is 3.96. The van der Waals surface area contributed by atoms with Crippen molar-refractivity contribution in [3.63, 3.8) is 0 Å². The van der Waals surface area contributed by atoms with Gasteiger partial charge in [-0.25, -0.2) is 0 Å².